The fraction of sp³-hybridized carbons (Fsp3) is 0.562. The van der Waals surface area contributed by atoms with Crippen molar-refractivity contribution in [1.82, 2.24) is 9.21 Å². The molecule has 2 rings (SSSR count). The Bertz CT molecular complexity index is 703. The first-order valence-electron chi connectivity index (χ1n) is 7.94. The minimum absolute atomic E-state index is 0.00209. The van der Waals surface area contributed by atoms with Crippen molar-refractivity contribution in [2.24, 2.45) is 5.73 Å². The average molecular weight is 355 g/mol. The summed E-state index contributed by atoms with van der Waals surface area (Å²) in [4.78, 5) is 14.6. The molecule has 1 atom stereocenters. The van der Waals surface area contributed by atoms with Crippen molar-refractivity contribution in [2.45, 2.75) is 30.2 Å². The Hall–Kier alpha value is -1.64. The van der Waals surface area contributed by atoms with Crippen molar-refractivity contribution in [3.05, 3.63) is 23.8 Å². The maximum atomic E-state index is 12.8. The van der Waals surface area contributed by atoms with Crippen molar-refractivity contribution >= 4 is 15.9 Å². The molecule has 1 aliphatic rings. The van der Waals surface area contributed by atoms with E-state index in [-0.39, 0.29) is 22.6 Å². The number of carbonyl (C=O) groups is 1. The Morgan fingerprint density at radius 2 is 2.08 bits per heavy atom. The summed E-state index contributed by atoms with van der Waals surface area (Å²) >= 11 is 0. The van der Waals surface area contributed by atoms with Gasteiger partial charge in [0.25, 0.3) is 5.91 Å². The SMILES string of the molecule is COc1ccc(C(=O)N2CCCCC2CN)cc1S(=O)(=O)N(C)C. The quantitative estimate of drug-likeness (QED) is 0.847. The number of piperidine rings is 1. The molecule has 1 aromatic carbocycles. The molecule has 1 heterocycles. The number of carbonyl (C=O) groups excluding carboxylic acids is 1. The molecule has 1 aliphatic heterocycles. The fourth-order valence-corrected chi connectivity index (χ4v) is 3.96. The molecular weight excluding hydrogens is 330 g/mol. The van der Waals surface area contributed by atoms with Crippen LogP contribution in [0.15, 0.2) is 23.1 Å². The van der Waals surface area contributed by atoms with E-state index < -0.39 is 10.0 Å². The van der Waals surface area contributed by atoms with Gasteiger partial charge in [0.2, 0.25) is 10.0 Å². The van der Waals surface area contributed by atoms with E-state index in [0.29, 0.717) is 18.7 Å². The van der Waals surface area contributed by atoms with Gasteiger partial charge in [-0.1, -0.05) is 0 Å². The Kier molecular flexibility index (Phi) is 5.84. The molecule has 1 saturated heterocycles. The number of benzene rings is 1. The lowest BCUT2D eigenvalue weighted by atomic mass is 10.0. The number of hydrogen-bond acceptors (Lipinski definition) is 5. The van der Waals surface area contributed by atoms with Gasteiger partial charge in [-0.3, -0.25) is 4.79 Å². The van der Waals surface area contributed by atoms with E-state index in [1.807, 2.05) is 0 Å². The van der Waals surface area contributed by atoms with Gasteiger partial charge < -0.3 is 15.4 Å². The predicted molar refractivity (Wildman–Crippen MR) is 91.6 cm³/mol. The van der Waals surface area contributed by atoms with Gasteiger partial charge in [0.15, 0.2) is 0 Å². The van der Waals surface area contributed by atoms with Gasteiger partial charge in [0.05, 0.1) is 7.11 Å². The van der Waals surface area contributed by atoms with Gasteiger partial charge in [0.1, 0.15) is 10.6 Å². The van der Waals surface area contributed by atoms with Crippen LogP contribution in [0.2, 0.25) is 0 Å². The number of nitrogens with zero attached hydrogens (tertiary/aromatic N) is 2. The second-order valence-electron chi connectivity index (χ2n) is 6.04. The molecule has 134 valence electrons. The number of nitrogens with two attached hydrogens (primary N) is 1. The Morgan fingerprint density at radius 3 is 2.67 bits per heavy atom. The summed E-state index contributed by atoms with van der Waals surface area (Å²) in [6.07, 6.45) is 2.86. The van der Waals surface area contributed by atoms with Crippen molar-refractivity contribution in [1.29, 1.82) is 0 Å². The van der Waals surface area contributed by atoms with Gasteiger partial charge in [-0.2, -0.15) is 0 Å². The van der Waals surface area contributed by atoms with Crippen molar-refractivity contribution in [3.63, 3.8) is 0 Å². The Balaban J connectivity index is 2.43. The number of methoxy groups -OCH3 is 1. The molecule has 2 N–H and O–H groups in total. The van der Waals surface area contributed by atoms with Gasteiger partial charge in [-0.25, -0.2) is 12.7 Å². The van der Waals surface area contributed by atoms with E-state index in [9.17, 15) is 13.2 Å². The smallest absolute Gasteiger partial charge is 0.254 e. The van der Waals surface area contributed by atoms with Crippen LogP contribution in [0.3, 0.4) is 0 Å². The van der Waals surface area contributed by atoms with Gasteiger partial charge in [0, 0.05) is 38.8 Å². The monoisotopic (exact) mass is 355 g/mol. The van der Waals surface area contributed by atoms with Crippen molar-refractivity contribution in [3.8, 4) is 5.75 Å². The van der Waals surface area contributed by atoms with Crippen LogP contribution in [0, 0.1) is 0 Å². The largest absolute Gasteiger partial charge is 0.495 e. The van der Waals surface area contributed by atoms with E-state index in [2.05, 4.69) is 0 Å². The molecule has 7 nitrogen and oxygen atoms in total. The van der Waals surface area contributed by atoms with Crippen LogP contribution in [0.4, 0.5) is 0 Å². The number of rotatable bonds is 5. The van der Waals surface area contributed by atoms with Gasteiger partial charge >= 0.3 is 0 Å². The summed E-state index contributed by atoms with van der Waals surface area (Å²) < 4.78 is 31.2. The molecule has 1 fully saturated rings. The molecule has 0 aliphatic carbocycles. The fourth-order valence-electron chi connectivity index (χ4n) is 2.89. The lowest BCUT2D eigenvalue weighted by Gasteiger charge is -2.35. The highest BCUT2D eigenvalue weighted by Gasteiger charge is 2.29. The molecule has 0 radical (unpaired) electrons. The molecule has 1 aromatic rings. The zero-order valence-electron chi connectivity index (χ0n) is 14.4. The summed E-state index contributed by atoms with van der Waals surface area (Å²) in [5, 5.41) is 0. The third kappa shape index (κ3) is 3.55. The highest BCUT2D eigenvalue weighted by Crippen LogP contribution is 2.28. The van der Waals surface area contributed by atoms with Crippen LogP contribution in [-0.2, 0) is 10.0 Å². The first-order valence-corrected chi connectivity index (χ1v) is 9.38. The molecule has 1 amide bonds. The summed E-state index contributed by atoms with van der Waals surface area (Å²) in [6.45, 7) is 1.05. The Morgan fingerprint density at radius 1 is 1.38 bits per heavy atom. The zero-order valence-corrected chi connectivity index (χ0v) is 15.2. The van der Waals surface area contributed by atoms with Crippen LogP contribution < -0.4 is 10.5 Å². The van der Waals surface area contributed by atoms with Crippen LogP contribution in [-0.4, -0.2) is 63.9 Å². The normalized spacial score (nSPS) is 18.7. The predicted octanol–water partition coefficient (Wildman–Crippen LogP) is 0.899. The van der Waals surface area contributed by atoms with Crippen LogP contribution >= 0.6 is 0 Å². The summed E-state index contributed by atoms with van der Waals surface area (Å²) in [7, 11) is 0.576. The number of hydrogen-bond donors (Lipinski definition) is 1. The van der Waals surface area contributed by atoms with E-state index >= 15 is 0 Å². The van der Waals surface area contributed by atoms with E-state index in [1.165, 1.54) is 33.3 Å². The zero-order chi connectivity index (χ0) is 17.9. The minimum atomic E-state index is -3.71. The number of amides is 1. The molecule has 0 spiro atoms. The third-order valence-electron chi connectivity index (χ3n) is 4.33. The molecule has 24 heavy (non-hydrogen) atoms. The van der Waals surface area contributed by atoms with Crippen molar-refractivity contribution in [2.75, 3.05) is 34.3 Å². The topological polar surface area (TPSA) is 92.9 Å². The van der Waals surface area contributed by atoms with Crippen molar-refractivity contribution < 1.29 is 17.9 Å². The lowest BCUT2D eigenvalue weighted by molar-refractivity contribution is 0.0623. The molecule has 1 unspecified atom stereocenters. The third-order valence-corrected chi connectivity index (χ3v) is 6.17. The maximum absolute atomic E-state index is 12.8. The standard InChI is InChI=1S/C16H25N3O4S/c1-18(2)24(21,22)15-10-12(7-8-14(15)23-3)16(20)19-9-5-4-6-13(19)11-17/h7-8,10,13H,4-6,9,11,17H2,1-3H3. The molecule has 0 bridgehead atoms. The molecule has 0 aromatic heterocycles. The van der Waals surface area contributed by atoms with Crippen LogP contribution in [0.5, 0.6) is 5.75 Å². The first-order chi connectivity index (χ1) is 11.3. The Labute approximate surface area is 143 Å². The number of likely N-dealkylation sites (tertiary alicyclic amines) is 1. The van der Waals surface area contributed by atoms with E-state index in [1.54, 1.807) is 11.0 Å². The second-order valence-corrected chi connectivity index (χ2v) is 8.16. The highest BCUT2D eigenvalue weighted by molar-refractivity contribution is 7.89. The molecule has 8 heteroatoms. The van der Waals surface area contributed by atoms with Crippen LogP contribution in [0.1, 0.15) is 29.6 Å². The van der Waals surface area contributed by atoms with E-state index in [0.717, 1.165) is 23.6 Å². The number of sulfonamides is 1. The highest BCUT2D eigenvalue weighted by atomic mass is 32.2. The lowest BCUT2D eigenvalue weighted by Crippen LogP contribution is -2.47. The van der Waals surface area contributed by atoms with Crippen LogP contribution in [0.25, 0.3) is 0 Å². The van der Waals surface area contributed by atoms with Gasteiger partial charge in [-0.15, -0.1) is 0 Å². The molecular formula is C16H25N3O4S. The average Bonchev–Trinajstić information content (AvgIpc) is 2.60. The van der Waals surface area contributed by atoms with Gasteiger partial charge in [-0.05, 0) is 37.5 Å². The second kappa shape index (κ2) is 7.50. The summed E-state index contributed by atoms with van der Waals surface area (Å²) in [6, 6.07) is 4.50. The summed E-state index contributed by atoms with van der Waals surface area (Å²) in [5.74, 6) is 0.0253. The first kappa shape index (κ1) is 18.7. The number of ether oxygens (including phenoxy) is 1. The maximum Gasteiger partial charge on any atom is 0.254 e. The van der Waals surface area contributed by atoms with E-state index in [4.69, 9.17) is 10.5 Å². The summed E-state index contributed by atoms with van der Waals surface area (Å²) in [5.41, 5.74) is 6.11. The minimum Gasteiger partial charge on any atom is -0.495 e. The molecule has 0 saturated carbocycles.